The van der Waals surface area contributed by atoms with Crippen molar-refractivity contribution in [1.29, 1.82) is 0 Å². The highest BCUT2D eigenvalue weighted by molar-refractivity contribution is 6.30. The number of carbonyl (C=O) groups is 2. The molecular formula is C21H24ClNO5. The molecule has 0 aliphatic carbocycles. The second kappa shape index (κ2) is 11.2. The van der Waals surface area contributed by atoms with Crippen LogP contribution < -0.4 is 14.8 Å². The van der Waals surface area contributed by atoms with Crippen LogP contribution in [0, 0.1) is 0 Å². The fourth-order valence-electron chi connectivity index (χ4n) is 2.43. The molecular weight excluding hydrogens is 382 g/mol. The number of amides is 1. The van der Waals surface area contributed by atoms with E-state index in [2.05, 4.69) is 5.32 Å². The van der Waals surface area contributed by atoms with E-state index in [0.29, 0.717) is 17.4 Å². The number of nitrogens with one attached hydrogen (secondary N) is 1. The highest BCUT2D eigenvalue weighted by atomic mass is 35.5. The number of ether oxygens (including phenoxy) is 3. The van der Waals surface area contributed by atoms with E-state index >= 15 is 0 Å². The number of hydrogen-bond acceptors (Lipinski definition) is 5. The Bertz CT molecular complexity index is 761. The van der Waals surface area contributed by atoms with E-state index in [4.69, 9.17) is 25.8 Å². The summed E-state index contributed by atoms with van der Waals surface area (Å²) in [6.45, 7) is 2.50. The molecule has 1 N–H and O–H groups in total. The molecule has 0 fully saturated rings. The molecule has 0 radical (unpaired) electrons. The molecule has 0 aliphatic heterocycles. The Hall–Kier alpha value is -2.73. The van der Waals surface area contributed by atoms with Crippen LogP contribution in [0.2, 0.25) is 5.02 Å². The van der Waals surface area contributed by atoms with Gasteiger partial charge in [-0.2, -0.15) is 0 Å². The third kappa shape index (κ3) is 7.12. The summed E-state index contributed by atoms with van der Waals surface area (Å²) >= 11 is 5.90. The lowest BCUT2D eigenvalue weighted by molar-refractivity contribution is -0.141. The second-order valence-electron chi connectivity index (χ2n) is 6.06. The molecule has 0 heterocycles. The maximum absolute atomic E-state index is 12.3. The van der Waals surface area contributed by atoms with E-state index in [9.17, 15) is 9.59 Å². The summed E-state index contributed by atoms with van der Waals surface area (Å²) in [5.41, 5.74) is 0.751. The van der Waals surface area contributed by atoms with Gasteiger partial charge in [0.15, 0.2) is 6.61 Å². The average Bonchev–Trinajstić information content (AvgIpc) is 2.71. The van der Waals surface area contributed by atoms with Crippen LogP contribution in [0.3, 0.4) is 0 Å². The zero-order valence-corrected chi connectivity index (χ0v) is 16.7. The van der Waals surface area contributed by atoms with Gasteiger partial charge in [0.25, 0.3) is 5.91 Å². The molecule has 0 spiro atoms. The largest absolute Gasteiger partial charge is 0.494 e. The summed E-state index contributed by atoms with van der Waals surface area (Å²) in [5, 5.41) is 3.37. The molecule has 0 aromatic heterocycles. The maximum Gasteiger partial charge on any atom is 0.307 e. The Kier molecular flexibility index (Phi) is 8.62. The van der Waals surface area contributed by atoms with Gasteiger partial charge in [-0.1, -0.05) is 30.7 Å². The molecule has 0 saturated carbocycles. The van der Waals surface area contributed by atoms with Gasteiger partial charge in [0.1, 0.15) is 11.5 Å². The highest BCUT2D eigenvalue weighted by Gasteiger charge is 2.19. The van der Waals surface area contributed by atoms with Crippen LogP contribution in [-0.4, -0.2) is 32.2 Å². The summed E-state index contributed by atoms with van der Waals surface area (Å²) in [5.74, 6) is 0.522. The van der Waals surface area contributed by atoms with E-state index in [0.717, 1.165) is 17.7 Å². The van der Waals surface area contributed by atoms with Gasteiger partial charge >= 0.3 is 5.97 Å². The van der Waals surface area contributed by atoms with Crippen LogP contribution in [0.15, 0.2) is 48.5 Å². The molecule has 1 atom stereocenters. The number of rotatable bonds is 10. The minimum atomic E-state index is -0.536. The Balaban J connectivity index is 1.93. The molecule has 0 aliphatic rings. The first-order valence-electron chi connectivity index (χ1n) is 8.99. The fraction of sp³-hybridized carbons (Fsp3) is 0.333. The monoisotopic (exact) mass is 405 g/mol. The average molecular weight is 406 g/mol. The smallest absolute Gasteiger partial charge is 0.307 e. The topological polar surface area (TPSA) is 73.9 Å². The van der Waals surface area contributed by atoms with Crippen molar-refractivity contribution in [3.05, 3.63) is 59.1 Å². The molecule has 7 heteroatoms. The summed E-state index contributed by atoms with van der Waals surface area (Å²) in [7, 11) is 1.31. The van der Waals surface area contributed by atoms with Crippen LogP contribution >= 0.6 is 11.6 Å². The molecule has 1 amide bonds. The minimum Gasteiger partial charge on any atom is -0.494 e. The highest BCUT2D eigenvalue weighted by Crippen LogP contribution is 2.21. The predicted octanol–water partition coefficient (Wildman–Crippen LogP) is 3.93. The van der Waals surface area contributed by atoms with Crippen molar-refractivity contribution >= 4 is 23.5 Å². The van der Waals surface area contributed by atoms with Gasteiger partial charge in [0, 0.05) is 5.02 Å². The van der Waals surface area contributed by atoms with Crippen molar-refractivity contribution < 1.29 is 23.8 Å². The number of benzene rings is 2. The first-order chi connectivity index (χ1) is 13.5. The summed E-state index contributed by atoms with van der Waals surface area (Å²) in [6.07, 6.45) is 0.937. The van der Waals surface area contributed by atoms with Gasteiger partial charge in [-0.3, -0.25) is 9.59 Å². The molecule has 2 aromatic rings. The zero-order valence-electron chi connectivity index (χ0n) is 15.9. The molecule has 0 bridgehead atoms. The third-order valence-electron chi connectivity index (χ3n) is 3.87. The Labute approximate surface area is 169 Å². The van der Waals surface area contributed by atoms with Crippen molar-refractivity contribution in [2.45, 2.75) is 25.8 Å². The molecule has 1 unspecified atom stereocenters. The molecule has 2 aromatic carbocycles. The van der Waals surface area contributed by atoms with Crippen molar-refractivity contribution in [1.82, 2.24) is 5.32 Å². The lowest BCUT2D eigenvalue weighted by Gasteiger charge is -2.18. The molecule has 6 nitrogen and oxygen atoms in total. The number of halogens is 1. The number of esters is 1. The van der Waals surface area contributed by atoms with Crippen molar-refractivity contribution in [3.8, 4) is 11.5 Å². The normalized spacial score (nSPS) is 11.4. The summed E-state index contributed by atoms with van der Waals surface area (Å²) < 4.78 is 15.7. The quantitative estimate of drug-likeness (QED) is 0.606. The van der Waals surface area contributed by atoms with E-state index in [1.807, 2.05) is 6.92 Å². The lowest BCUT2D eigenvalue weighted by atomic mass is 10.0. The molecule has 0 saturated heterocycles. The number of hydrogen-bond donors (Lipinski definition) is 1. The zero-order chi connectivity index (χ0) is 20.4. The fourth-order valence-corrected chi connectivity index (χ4v) is 2.56. The van der Waals surface area contributed by atoms with Crippen LogP contribution in [-0.2, 0) is 14.3 Å². The Morgan fingerprint density at radius 3 is 2.18 bits per heavy atom. The second-order valence-corrected chi connectivity index (χ2v) is 6.50. The van der Waals surface area contributed by atoms with Crippen molar-refractivity contribution in [2.75, 3.05) is 20.3 Å². The molecule has 2 rings (SSSR count). The molecule has 28 heavy (non-hydrogen) atoms. The van der Waals surface area contributed by atoms with Crippen molar-refractivity contribution in [3.63, 3.8) is 0 Å². The third-order valence-corrected chi connectivity index (χ3v) is 4.12. The maximum atomic E-state index is 12.3. The number of carbonyl (C=O) groups excluding carboxylic acids is 2. The van der Waals surface area contributed by atoms with Gasteiger partial charge in [0.2, 0.25) is 0 Å². The summed E-state index contributed by atoms with van der Waals surface area (Å²) in [6, 6.07) is 13.4. The van der Waals surface area contributed by atoms with E-state index in [1.54, 1.807) is 48.5 Å². The Morgan fingerprint density at radius 2 is 1.61 bits per heavy atom. The minimum absolute atomic E-state index is 0.00728. The van der Waals surface area contributed by atoms with Crippen LogP contribution in [0.5, 0.6) is 11.5 Å². The molecule has 150 valence electrons. The van der Waals surface area contributed by atoms with E-state index in [1.165, 1.54) is 7.11 Å². The van der Waals surface area contributed by atoms with Crippen LogP contribution in [0.25, 0.3) is 0 Å². The standard InChI is InChI=1S/C21H24ClNO5/c1-3-12-27-17-8-10-18(11-9-17)28-14-20(24)23-19(13-21(25)26-2)15-4-6-16(22)7-5-15/h4-11,19H,3,12-14H2,1-2H3,(H,23,24). The van der Waals surface area contributed by atoms with Gasteiger partial charge in [-0.05, 0) is 48.4 Å². The first kappa shape index (κ1) is 21.6. The SMILES string of the molecule is CCCOc1ccc(OCC(=O)NC(CC(=O)OC)c2ccc(Cl)cc2)cc1. The summed E-state index contributed by atoms with van der Waals surface area (Å²) in [4.78, 5) is 24.0. The first-order valence-corrected chi connectivity index (χ1v) is 9.37. The van der Waals surface area contributed by atoms with E-state index in [-0.39, 0.29) is 18.9 Å². The van der Waals surface area contributed by atoms with Crippen molar-refractivity contribution in [2.24, 2.45) is 0 Å². The Morgan fingerprint density at radius 1 is 1.00 bits per heavy atom. The van der Waals surface area contributed by atoms with Gasteiger partial charge in [-0.15, -0.1) is 0 Å². The van der Waals surface area contributed by atoms with Gasteiger partial charge in [-0.25, -0.2) is 0 Å². The predicted molar refractivity (Wildman–Crippen MR) is 107 cm³/mol. The number of methoxy groups -OCH3 is 1. The van der Waals surface area contributed by atoms with Crippen LogP contribution in [0.4, 0.5) is 0 Å². The van der Waals surface area contributed by atoms with Gasteiger partial charge < -0.3 is 19.5 Å². The van der Waals surface area contributed by atoms with Gasteiger partial charge in [0.05, 0.1) is 26.2 Å². The van der Waals surface area contributed by atoms with E-state index < -0.39 is 12.0 Å². The lowest BCUT2D eigenvalue weighted by Crippen LogP contribution is -2.34. The van der Waals surface area contributed by atoms with Crippen LogP contribution in [0.1, 0.15) is 31.4 Å².